The van der Waals surface area contributed by atoms with Gasteiger partial charge in [0.1, 0.15) is 11.6 Å². The molecule has 1 atom stereocenters. The van der Waals surface area contributed by atoms with Crippen molar-refractivity contribution in [1.29, 1.82) is 0 Å². The van der Waals surface area contributed by atoms with E-state index in [0.29, 0.717) is 23.6 Å². The van der Waals surface area contributed by atoms with Crippen LogP contribution in [0.3, 0.4) is 0 Å². The van der Waals surface area contributed by atoms with E-state index >= 15 is 0 Å². The van der Waals surface area contributed by atoms with Crippen LogP contribution in [0.25, 0.3) is 17.2 Å². The van der Waals surface area contributed by atoms with Crippen molar-refractivity contribution in [1.82, 2.24) is 19.4 Å². The zero-order chi connectivity index (χ0) is 24.4. The molecule has 34 heavy (non-hydrogen) atoms. The quantitative estimate of drug-likeness (QED) is 0.505. The molecular formula is C28H31FN4O. The summed E-state index contributed by atoms with van der Waals surface area (Å²) in [5, 5.41) is 0. The van der Waals surface area contributed by atoms with E-state index in [0.717, 1.165) is 40.9 Å². The first kappa shape index (κ1) is 23.8. The summed E-state index contributed by atoms with van der Waals surface area (Å²) in [6.45, 7) is 9.46. The molecular weight excluding hydrogens is 427 g/mol. The molecule has 0 saturated heterocycles. The third-order valence-electron chi connectivity index (χ3n) is 6.39. The fourth-order valence-corrected chi connectivity index (χ4v) is 4.53. The zero-order valence-electron chi connectivity index (χ0n) is 20.5. The highest BCUT2D eigenvalue weighted by Crippen LogP contribution is 2.29. The second kappa shape index (κ2) is 9.85. The Balaban J connectivity index is 1.66. The van der Waals surface area contributed by atoms with Gasteiger partial charge < -0.3 is 0 Å². The van der Waals surface area contributed by atoms with Crippen molar-refractivity contribution in [3.05, 3.63) is 98.8 Å². The summed E-state index contributed by atoms with van der Waals surface area (Å²) < 4.78 is 16.1. The first-order valence-corrected chi connectivity index (χ1v) is 11.6. The molecule has 6 heteroatoms. The second-order valence-electron chi connectivity index (χ2n) is 9.05. The number of aromatic nitrogens is 3. The largest absolute Gasteiger partial charge is 0.296 e. The second-order valence-corrected chi connectivity index (χ2v) is 9.05. The lowest BCUT2D eigenvalue weighted by atomic mass is 9.96. The van der Waals surface area contributed by atoms with Crippen molar-refractivity contribution in [3.8, 4) is 11.1 Å². The number of fused-ring (bicyclic) bond motifs is 1. The SMILES string of the molecule is C/C=C\C(/C(C)=C\c1nc(C)cc(=O)n1C)N1CCc2ncc(-c3cc(C)ccc3F)cc2C1. The van der Waals surface area contributed by atoms with Crippen molar-refractivity contribution >= 4 is 6.08 Å². The number of pyridine rings is 1. The monoisotopic (exact) mass is 458 g/mol. The number of hydrogen-bond donors (Lipinski definition) is 0. The molecule has 5 nitrogen and oxygen atoms in total. The molecule has 3 aromatic rings. The van der Waals surface area contributed by atoms with E-state index < -0.39 is 0 Å². The van der Waals surface area contributed by atoms with Crippen LogP contribution in [0.15, 0.2) is 59.0 Å². The summed E-state index contributed by atoms with van der Waals surface area (Å²) in [7, 11) is 1.74. The highest BCUT2D eigenvalue weighted by Gasteiger charge is 2.24. The zero-order valence-corrected chi connectivity index (χ0v) is 20.5. The lowest BCUT2D eigenvalue weighted by Crippen LogP contribution is -2.39. The van der Waals surface area contributed by atoms with Gasteiger partial charge in [-0.3, -0.25) is 19.2 Å². The van der Waals surface area contributed by atoms with Crippen LogP contribution in [0.1, 0.15) is 42.2 Å². The van der Waals surface area contributed by atoms with Crippen molar-refractivity contribution in [3.63, 3.8) is 0 Å². The minimum absolute atomic E-state index is 0.0509. The standard InChI is InChI=1S/C28H31FN4O/c1-6-7-26(19(3)13-27-31-20(4)14-28(34)32(27)5)33-11-10-25-22(17-33)15-21(16-30-25)23-12-18(2)8-9-24(23)29/h6-9,12-16,26H,10-11,17H2,1-5H3/b7-6-,19-13-. The maximum absolute atomic E-state index is 14.5. The third kappa shape index (κ3) is 4.92. The number of benzene rings is 1. The summed E-state index contributed by atoms with van der Waals surface area (Å²) in [6, 6.07) is 8.83. The van der Waals surface area contributed by atoms with E-state index in [-0.39, 0.29) is 17.4 Å². The van der Waals surface area contributed by atoms with Gasteiger partial charge in [-0.05, 0) is 63.1 Å². The third-order valence-corrected chi connectivity index (χ3v) is 6.39. The van der Waals surface area contributed by atoms with Crippen molar-refractivity contribution < 1.29 is 4.39 Å². The fraction of sp³-hybridized carbons (Fsp3) is 0.321. The van der Waals surface area contributed by atoms with Crippen LogP contribution in [-0.2, 0) is 20.0 Å². The molecule has 1 aromatic carbocycles. The highest BCUT2D eigenvalue weighted by molar-refractivity contribution is 5.65. The van der Waals surface area contributed by atoms with Crippen LogP contribution in [0.4, 0.5) is 4.39 Å². The summed E-state index contributed by atoms with van der Waals surface area (Å²) in [5.41, 5.74) is 6.33. The molecule has 2 aromatic heterocycles. The average molecular weight is 459 g/mol. The number of rotatable bonds is 5. The minimum Gasteiger partial charge on any atom is -0.296 e. The molecule has 0 radical (unpaired) electrons. The van der Waals surface area contributed by atoms with E-state index in [9.17, 15) is 9.18 Å². The normalized spacial score (nSPS) is 15.5. The molecule has 1 unspecified atom stereocenters. The molecule has 1 aliphatic rings. The molecule has 3 heterocycles. The van der Waals surface area contributed by atoms with Gasteiger partial charge in [0.05, 0.1) is 0 Å². The lowest BCUT2D eigenvalue weighted by Gasteiger charge is -2.34. The lowest BCUT2D eigenvalue weighted by molar-refractivity contribution is 0.230. The molecule has 4 rings (SSSR count). The van der Waals surface area contributed by atoms with E-state index in [1.165, 1.54) is 6.07 Å². The van der Waals surface area contributed by atoms with Crippen molar-refractivity contribution in [2.45, 2.75) is 46.7 Å². The molecule has 0 bridgehead atoms. The predicted octanol–water partition coefficient (Wildman–Crippen LogP) is 5.00. The number of allylic oxidation sites excluding steroid dienone is 1. The Kier molecular flexibility index (Phi) is 6.89. The Hall–Kier alpha value is -3.38. The van der Waals surface area contributed by atoms with Gasteiger partial charge in [0.2, 0.25) is 0 Å². The highest BCUT2D eigenvalue weighted by atomic mass is 19.1. The van der Waals surface area contributed by atoms with Gasteiger partial charge in [-0.2, -0.15) is 0 Å². The van der Waals surface area contributed by atoms with Gasteiger partial charge in [-0.1, -0.05) is 23.8 Å². The van der Waals surface area contributed by atoms with E-state index in [1.807, 2.05) is 32.9 Å². The average Bonchev–Trinajstić information content (AvgIpc) is 2.81. The van der Waals surface area contributed by atoms with Crippen LogP contribution in [0, 0.1) is 19.7 Å². The van der Waals surface area contributed by atoms with Gasteiger partial charge in [0.15, 0.2) is 0 Å². The summed E-state index contributed by atoms with van der Waals surface area (Å²) in [4.78, 5) is 23.8. The minimum atomic E-state index is -0.234. The number of aryl methyl sites for hydroxylation is 2. The molecule has 176 valence electrons. The van der Waals surface area contributed by atoms with Gasteiger partial charge >= 0.3 is 0 Å². The summed E-state index contributed by atoms with van der Waals surface area (Å²) >= 11 is 0. The Morgan fingerprint density at radius 1 is 1.21 bits per heavy atom. The van der Waals surface area contributed by atoms with E-state index in [4.69, 9.17) is 0 Å². The molecule has 0 spiro atoms. The molecule has 0 fully saturated rings. The molecule has 0 amide bonds. The topological polar surface area (TPSA) is 51.0 Å². The fourth-order valence-electron chi connectivity index (χ4n) is 4.53. The summed E-state index contributed by atoms with van der Waals surface area (Å²) in [5.74, 6) is 0.412. The molecule has 0 N–H and O–H groups in total. The first-order chi connectivity index (χ1) is 16.3. The predicted molar refractivity (Wildman–Crippen MR) is 135 cm³/mol. The van der Waals surface area contributed by atoms with Crippen LogP contribution in [0.2, 0.25) is 0 Å². The maximum atomic E-state index is 14.5. The molecule has 0 saturated carbocycles. The van der Waals surface area contributed by atoms with Crippen LogP contribution in [-0.4, -0.2) is 32.0 Å². The van der Waals surface area contributed by atoms with Crippen molar-refractivity contribution in [2.24, 2.45) is 7.05 Å². The Bertz CT molecular complexity index is 1340. The van der Waals surface area contributed by atoms with E-state index in [1.54, 1.807) is 29.9 Å². The van der Waals surface area contributed by atoms with Crippen molar-refractivity contribution in [2.75, 3.05) is 6.54 Å². The Morgan fingerprint density at radius 3 is 2.76 bits per heavy atom. The van der Waals surface area contributed by atoms with Gasteiger partial charge in [-0.25, -0.2) is 9.37 Å². The Morgan fingerprint density at radius 2 is 2.00 bits per heavy atom. The smallest absolute Gasteiger partial charge is 0.253 e. The molecule has 1 aliphatic heterocycles. The molecule has 0 aliphatic carbocycles. The van der Waals surface area contributed by atoms with Gasteiger partial charge in [0, 0.05) is 67.4 Å². The van der Waals surface area contributed by atoms with E-state index in [2.05, 4.69) is 40.0 Å². The first-order valence-electron chi connectivity index (χ1n) is 11.6. The van der Waals surface area contributed by atoms with Gasteiger partial charge in [0.25, 0.3) is 5.56 Å². The van der Waals surface area contributed by atoms with Gasteiger partial charge in [-0.15, -0.1) is 0 Å². The number of hydrogen-bond acceptors (Lipinski definition) is 4. The summed E-state index contributed by atoms with van der Waals surface area (Å²) in [6.07, 6.45) is 8.82. The maximum Gasteiger partial charge on any atom is 0.253 e. The number of halogens is 1. The number of nitrogens with zero attached hydrogens (tertiary/aromatic N) is 4. The van der Waals surface area contributed by atoms with Crippen LogP contribution in [0.5, 0.6) is 0 Å². The Labute approximate surface area is 200 Å². The van der Waals surface area contributed by atoms with Crippen LogP contribution >= 0.6 is 0 Å². The van der Waals surface area contributed by atoms with Crippen LogP contribution < -0.4 is 5.56 Å².